The lowest BCUT2D eigenvalue weighted by atomic mass is 9.95. The first-order valence-electron chi connectivity index (χ1n) is 8.79. The molecule has 6 heteroatoms. The molecule has 1 amide bonds. The van der Waals surface area contributed by atoms with Gasteiger partial charge in [0.15, 0.2) is 5.82 Å². The molecule has 1 aromatic carbocycles. The molecule has 2 aromatic rings. The predicted molar refractivity (Wildman–Crippen MR) is 98.7 cm³/mol. The molecular weight excluding hydrogens is 330 g/mol. The Bertz CT molecular complexity index is 772. The van der Waals surface area contributed by atoms with Gasteiger partial charge in [0.05, 0.1) is 13.2 Å². The lowest BCUT2D eigenvalue weighted by Gasteiger charge is -2.31. The highest BCUT2D eigenvalue weighted by Gasteiger charge is 2.26. The fourth-order valence-electron chi connectivity index (χ4n) is 2.94. The van der Waals surface area contributed by atoms with Gasteiger partial charge in [-0.25, -0.2) is 14.8 Å². The summed E-state index contributed by atoms with van der Waals surface area (Å²) in [6.07, 6.45) is 3.81. The lowest BCUT2D eigenvalue weighted by Crippen LogP contribution is -2.37. The number of carbonyl (C=O) groups is 1. The summed E-state index contributed by atoms with van der Waals surface area (Å²) in [6.45, 7) is 6.65. The van der Waals surface area contributed by atoms with Gasteiger partial charge in [0, 0.05) is 25.0 Å². The number of carbonyl (C=O) groups excluding carboxylic acids is 1. The summed E-state index contributed by atoms with van der Waals surface area (Å²) in [4.78, 5) is 22.4. The van der Waals surface area contributed by atoms with Gasteiger partial charge in [-0.3, -0.25) is 0 Å². The maximum atomic E-state index is 12.2. The lowest BCUT2D eigenvalue weighted by molar-refractivity contribution is -0.00163. The number of hydrogen-bond donors (Lipinski definition) is 0. The smallest absolute Gasteiger partial charge is 0.410 e. The first kappa shape index (κ1) is 18.3. The van der Waals surface area contributed by atoms with Crippen molar-refractivity contribution in [2.75, 3.05) is 20.2 Å². The van der Waals surface area contributed by atoms with Crippen LogP contribution in [0.4, 0.5) is 4.79 Å². The Morgan fingerprint density at radius 1 is 1.31 bits per heavy atom. The summed E-state index contributed by atoms with van der Waals surface area (Å²) >= 11 is 0. The van der Waals surface area contributed by atoms with Crippen molar-refractivity contribution in [3.8, 4) is 11.4 Å². The Balaban J connectivity index is 1.76. The Labute approximate surface area is 154 Å². The average molecular weight is 355 g/mol. The third-order valence-electron chi connectivity index (χ3n) is 4.15. The van der Waals surface area contributed by atoms with Gasteiger partial charge in [-0.2, -0.15) is 0 Å². The van der Waals surface area contributed by atoms with Crippen LogP contribution in [-0.2, 0) is 15.9 Å². The maximum Gasteiger partial charge on any atom is 0.410 e. The monoisotopic (exact) mass is 355 g/mol. The van der Waals surface area contributed by atoms with Gasteiger partial charge in [0.2, 0.25) is 0 Å². The van der Waals surface area contributed by atoms with Crippen LogP contribution in [0.25, 0.3) is 11.4 Å². The van der Waals surface area contributed by atoms with Crippen molar-refractivity contribution in [2.24, 2.45) is 0 Å². The number of ether oxygens (including phenoxy) is 2. The molecule has 1 aliphatic rings. The highest BCUT2D eigenvalue weighted by Crippen LogP contribution is 2.30. The van der Waals surface area contributed by atoms with Crippen molar-refractivity contribution < 1.29 is 14.3 Å². The summed E-state index contributed by atoms with van der Waals surface area (Å²) in [6, 6.07) is 7.98. The topological polar surface area (TPSA) is 64.5 Å². The summed E-state index contributed by atoms with van der Waals surface area (Å²) in [7, 11) is 1.73. The number of benzene rings is 1. The van der Waals surface area contributed by atoms with E-state index in [-0.39, 0.29) is 12.2 Å². The van der Waals surface area contributed by atoms with Crippen molar-refractivity contribution in [2.45, 2.75) is 38.9 Å². The van der Waals surface area contributed by atoms with E-state index < -0.39 is 5.60 Å². The molecule has 0 aliphatic carbocycles. The van der Waals surface area contributed by atoms with Crippen LogP contribution in [0, 0.1) is 0 Å². The zero-order valence-corrected chi connectivity index (χ0v) is 15.7. The fourth-order valence-corrected chi connectivity index (χ4v) is 2.94. The van der Waals surface area contributed by atoms with Crippen LogP contribution in [0.3, 0.4) is 0 Å². The number of amides is 1. The van der Waals surface area contributed by atoms with E-state index in [0.29, 0.717) is 19.0 Å². The Hall–Kier alpha value is -2.47. The van der Waals surface area contributed by atoms with Crippen LogP contribution in [0.5, 0.6) is 0 Å². The molecule has 1 atom stereocenters. The van der Waals surface area contributed by atoms with E-state index in [2.05, 4.69) is 16.0 Å². The molecule has 1 aliphatic heterocycles. The van der Waals surface area contributed by atoms with Gasteiger partial charge in [-0.1, -0.05) is 12.1 Å². The van der Waals surface area contributed by atoms with E-state index in [1.807, 2.05) is 32.9 Å². The van der Waals surface area contributed by atoms with Crippen LogP contribution in [0.1, 0.15) is 38.0 Å². The molecule has 2 heterocycles. The number of rotatable bonds is 3. The third-order valence-corrected chi connectivity index (χ3v) is 4.15. The zero-order chi connectivity index (χ0) is 18.7. The molecule has 0 spiro atoms. The van der Waals surface area contributed by atoms with Crippen molar-refractivity contribution >= 4 is 6.09 Å². The third kappa shape index (κ3) is 4.38. The molecule has 138 valence electrons. The molecule has 26 heavy (non-hydrogen) atoms. The van der Waals surface area contributed by atoms with Gasteiger partial charge in [0.1, 0.15) is 11.7 Å². The molecule has 0 N–H and O–H groups in total. The number of likely N-dealkylation sites (N-methyl/N-ethyl adjacent to an activating group) is 1. The van der Waals surface area contributed by atoms with E-state index in [1.165, 1.54) is 5.56 Å². The Kier molecular flexibility index (Phi) is 5.23. The molecule has 0 bridgehead atoms. The molecule has 0 radical (unpaired) electrons. The summed E-state index contributed by atoms with van der Waals surface area (Å²) in [5.41, 5.74) is 2.79. The molecule has 0 saturated carbocycles. The van der Waals surface area contributed by atoms with Crippen LogP contribution < -0.4 is 0 Å². The second-order valence-electron chi connectivity index (χ2n) is 7.46. The summed E-state index contributed by atoms with van der Waals surface area (Å²) < 4.78 is 11.3. The minimum absolute atomic E-state index is 0.165. The van der Waals surface area contributed by atoms with Gasteiger partial charge in [0.25, 0.3) is 0 Å². The maximum absolute atomic E-state index is 12.2. The second kappa shape index (κ2) is 7.41. The quantitative estimate of drug-likeness (QED) is 0.841. The molecule has 1 aromatic heterocycles. The van der Waals surface area contributed by atoms with Crippen LogP contribution in [-0.4, -0.2) is 46.8 Å². The predicted octanol–water partition coefficient (Wildman–Crippen LogP) is 3.62. The average Bonchev–Trinajstić information content (AvgIpc) is 2.61. The minimum atomic E-state index is -0.513. The van der Waals surface area contributed by atoms with E-state index in [9.17, 15) is 4.79 Å². The molecule has 6 nitrogen and oxygen atoms in total. The van der Waals surface area contributed by atoms with Crippen LogP contribution in [0.2, 0.25) is 0 Å². The second-order valence-corrected chi connectivity index (χ2v) is 7.46. The SMILES string of the molecule is CN(C[C@H]1OCCc2cc(-c3ncccn3)ccc21)C(=O)OC(C)(C)C. The minimum Gasteiger partial charge on any atom is -0.444 e. The fraction of sp³-hybridized carbons (Fsp3) is 0.450. The van der Waals surface area contributed by atoms with Gasteiger partial charge < -0.3 is 14.4 Å². The highest BCUT2D eigenvalue weighted by atomic mass is 16.6. The Morgan fingerprint density at radius 3 is 2.73 bits per heavy atom. The first-order chi connectivity index (χ1) is 12.3. The van der Waals surface area contributed by atoms with Crippen molar-refractivity contribution in [1.29, 1.82) is 0 Å². The molecule has 0 saturated heterocycles. The van der Waals surface area contributed by atoms with E-state index in [1.54, 1.807) is 30.4 Å². The van der Waals surface area contributed by atoms with Crippen LogP contribution in [0.15, 0.2) is 36.7 Å². The van der Waals surface area contributed by atoms with E-state index >= 15 is 0 Å². The highest BCUT2D eigenvalue weighted by molar-refractivity contribution is 5.68. The number of hydrogen-bond acceptors (Lipinski definition) is 5. The van der Waals surface area contributed by atoms with Crippen molar-refractivity contribution in [3.05, 3.63) is 47.8 Å². The van der Waals surface area contributed by atoms with Crippen molar-refractivity contribution in [1.82, 2.24) is 14.9 Å². The number of aromatic nitrogens is 2. The summed E-state index contributed by atoms with van der Waals surface area (Å²) in [5.74, 6) is 0.712. The Morgan fingerprint density at radius 2 is 2.04 bits per heavy atom. The zero-order valence-electron chi connectivity index (χ0n) is 15.7. The van der Waals surface area contributed by atoms with E-state index in [0.717, 1.165) is 17.5 Å². The normalized spacial score (nSPS) is 16.7. The first-order valence-corrected chi connectivity index (χ1v) is 8.79. The van der Waals surface area contributed by atoms with E-state index in [4.69, 9.17) is 9.47 Å². The van der Waals surface area contributed by atoms with Gasteiger partial charge in [-0.15, -0.1) is 0 Å². The van der Waals surface area contributed by atoms with Crippen LogP contribution >= 0.6 is 0 Å². The number of nitrogens with zero attached hydrogens (tertiary/aromatic N) is 3. The molecule has 3 rings (SSSR count). The van der Waals surface area contributed by atoms with Gasteiger partial charge >= 0.3 is 6.09 Å². The summed E-state index contributed by atoms with van der Waals surface area (Å²) in [5, 5.41) is 0. The molecule has 0 unspecified atom stereocenters. The standard InChI is InChI=1S/C20H25N3O3/c1-20(2,3)26-19(24)23(4)13-17-16-7-6-15(12-14(16)8-11-25-17)18-21-9-5-10-22-18/h5-7,9-10,12,17H,8,11,13H2,1-4H3/t17-/m1/s1. The molecular formula is C20H25N3O3. The largest absolute Gasteiger partial charge is 0.444 e. The van der Waals surface area contributed by atoms with Crippen molar-refractivity contribution in [3.63, 3.8) is 0 Å². The number of fused-ring (bicyclic) bond motifs is 1. The molecule has 0 fully saturated rings. The van der Waals surface area contributed by atoms with Gasteiger partial charge in [-0.05, 0) is 50.5 Å².